The number of rotatable bonds is 2. The fourth-order valence-corrected chi connectivity index (χ4v) is 2.11. The van der Waals surface area contributed by atoms with Crippen molar-refractivity contribution in [2.45, 2.75) is 40.3 Å². The van der Waals surface area contributed by atoms with E-state index in [1.54, 1.807) is 16.7 Å². The summed E-state index contributed by atoms with van der Waals surface area (Å²) in [5.41, 5.74) is -0.728. The van der Waals surface area contributed by atoms with Crippen molar-refractivity contribution in [3.05, 3.63) is 32.6 Å². The summed E-state index contributed by atoms with van der Waals surface area (Å²) in [6, 6.07) is 0. The first-order valence-electron chi connectivity index (χ1n) is 7.42. The summed E-state index contributed by atoms with van der Waals surface area (Å²) in [6.07, 6.45) is 4.55. The van der Waals surface area contributed by atoms with Crippen LogP contribution in [0.4, 0.5) is 0 Å². The van der Waals surface area contributed by atoms with Gasteiger partial charge in [0.25, 0.3) is 0 Å². The Morgan fingerprint density at radius 1 is 1.45 bits per heavy atom. The highest BCUT2D eigenvalue weighted by atomic mass is 16.7. The molecule has 122 valence electrons. The summed E-state index contributed by atoms with van der Waals surface area (Å²) in [5.74, 6) is -1.22. The minimum Gasteiger partial charge on any atom is -0.477 e. The van der Waals surface area contributed by atoms with E-state index < -0.39 is 11.4 Å². The zero-order chi connectivity index (χ0) is 16.7. The van der Waals surface area contributed by atoms with Gasteiger partial charge in [0, 0.05) is 18.0 Å². The van der Waals surface area contributed by atoms with Crippen molar-refractivity contribution < 1.29 is 19.4 Å². The van der Waals surface area contributed by atoms with Crippen LogP contribution in [0.3, 0.4) is 0 Å². The van der Waals surface area contributed by atoms with Gasteiger partial charge in [-0.1, -0.05) is 13.8 Å². The van der Waals surface area contributed by atoms with E-state index in [9.17, 15) is 9.59 Å². The highest BCUT2D eigenvalue weighted by Crippen LogP contribution is 1.95. The predicted molar refractivity (Wildman–Crippen MR) is 84.2 cm³/mol. The lowest BCUT2D eigenvalue weighted by molar-refractivity contribution is -0.0543. The maximum atomic E-state index is 12.3. The van der Waals surface area contributed by atoms with E-state index in [-0.39, 0.29) is 25.1 Å². The number of pyridine rings is 1. The smallest absolute Gasteiger partial charge is 0.341 e. The number of aromatic carboxylic acids is 1. The van der Waals surface area contributed by atoms with Crippen LogP contribution < -0.4 is 16.0 Å². The quantitative estimate of drug-likeness (QED) is 0.863. The van der Waals surface area contributed by atoms with Gasteiger partial charge in [0.2, 0.25) is 5.43 Å². The molecule has 0 spiro atoms. The fraction of sp³-hybridized carbons (Fsp3) is 0.500. The van der Waals surface area contributed by atoms with Crippen LogP contribution in [0, 0.1) is 0 Å². The van der Waals surface area contributed by atoms with Crippen LogP contribution >= 0.6 is 0 Å². The van der Waals surface area contributed by atoms with E-state index in [0.29, 0.717) is 17.1 Å². The summed E-state index contributed by atoms with van der Waals surface area (Å²) in [7, 11) is 0. The van der Waals surface area contributed by atoms with Gasteiger partial charge in [-0.25, -0.2) is 4.79 Å². The number of ether oxygens (including phenoxy) is 2. The first kappa shape index (κ1) is 18.1. The second-order valence-corrected chi connectivity index (χ2v) is 4.49. The number of nitrogens with zero attached hydrogens (tertiary/aromatic N) is 1. The van der Waals surface area contributed by atoms with Crippen molar-refractivity contribution in [3.8, 4) is 0 Å². The van der Waals surface area contributed by atoms with Gasteiger partial charge in [-0.2, -0.15) is 0 Å². The summed E-state index contributed by atoms with van der Waals surface area (Å²) >= 11 is 0. The molecule has 1 aromatic heterocycles. The number of hydrogen-bond acceptors (Lipinski definition) is 4. The monoisotopic (exact) mass is 309 g/mol. The van der Waals surface area contributed by atoms with Crippen molar-refractivity contribution >= 4 is 18.1 Å². The molecule has 2 rings (SSSR count). The maximum absolute atomic E-state index is 12.3. The van der Waals surface area contributed by atoms with E-state index in [2.05, 4.69) is 0 Å². The summed E-state index contributed by atoms with van der Waals surface area (Å²) in [5, 5.41) is 10.1. The molecule has 0 aliphatic carbocycles. The SMILES string of the molecule is CC.CCn1cc(C(=O)O)c(=O)c2/c1=C\C(C)OCOC\C=2. The third-order valence-electron chi connectivity index (χ3n) is 3.14. The van der Waals surface area contributed by atoms with E-state index in [1.807, 2.05) is 27.7 Å². The van der Waals surface area contributed by atoms with Crippen LogP contribution in [0.2, 0.25) is 0 Å². The van der Waals surface area contributed by atoms with Crippen LogP contribution in [-0.2, 0) is 16.0 Å². The Morgan fingerprint density at radius 2 is 2.14 bits per heavy atom. The topological polar surface area (TPSA) is 77.8 Å². The highest BCUT2D eigenvalue weighted by Gasteiger charge is 2.13. The zero-order valence-corrected chi connectivity index (χ0v) is 13.5. The van der Waals surface area contributed by atoms with Crippen LogP contribution in [0.15, 0.2) is 11.0 Å². The fourth-order valence-electron chi connectivity index (χ4n) is 2.11. The molecule has 0 bridgehead atoms. The van der Waals surface area contributed by atoms with Crippen molar-refractivity contribution in [1.29, 1.82) is 0 Å². The number of carboxylic acid groups (broad SMARTS) is 1. The van der Waals surface area contributed by atoms with Crippen molar-refractivity contribution in [2.24, 2.45) is 0 Å². The standard InChI is InChI=1S/C14H17NO5.C2H6/c1-3-15-7-11(14(17)18)13(16)10-4-5-19-8-20-9(2)6-12(10)15;1-2/h4,6-7,9H,3,5,8H2,1-2H3,(H,17,18);1-2H3/b10-4+,12-6+;. The molecular formula is C16H23NO5. The van der Waals surface area contributed by atoms with Gasteiger partial charge in [0.05, 0.1) is 18.1 Å². The molecule has 1 unspecified atom stereocenters. The number of fused-ring (bicyclic) bond motifs is 1. The van der Waals surface area contributed by atoms with E-state index in [4.69, 9.17) is 14.6 Å². The Bertz CT molecular complexity index is 690. The number of hydrogen-bond donors (Lipinski definition) is 1. The normalized spacial score (nSPS) is 20.5. The Hall–Kier alpha value is -1.92. The maximum Gasteiger partial charge on any atom is 0.341 e. The average molecular weight is 309 g/mol. The first-order chi connectivity index (χ1) is 10.5. The molecular weight excluding hydrogens is 286 g/mol. The Balaban J connectivity index is 0.00000116. The predicted octanol–water partition coefficient (Wildman–Crippen LogP) is 0.546. The summed E-state index contributed by atoms with van der Waals surface area (Å²) in [4.78, 5) is 23.4. The average Bonchev–Trinajstić information content (AvgIpc) is 2.60. The molecule has 1 aromatic rings. The molecule has 0 aromatic carbocycles. The van der Waals surface area contributed by atoms with Gasteiger partial charge in [-0.15, -0.1) is 0 Å². The molecule has 1 atom stereocenters. The molecule has 0 saturated carbocycles. The van der Waals surface area contributed by atoms with E-state index >= 15 is 0 Å². The van der Waals surface area contributed by atoms with Gasteiger partial charge < -0.3 is 19.1 Å². The summed E-state index contributed by atoms with van der Waals surface area (Å²) < 4.78 is 12.4. The minimum absolute atomic E-state index is 0.133. The van der Waals surface area contributed by atoms with Crippen molar-refractivity contribution in [1.82, 2.24) is 4.57 Å². The van der Waals surface area contributed by atoms with Gasteiger partial charge in [-0.3, -0.25) is 4.79 Å². The molecule has 1 aliphatic rings. The highest BCUT2D eigenvalue weighted by molar-refractivity contribution is 5.87. The lowest BCUT2D eigenvalue weighted by Crippen LogP contribution is -2.48. The molecule has 2 heterocycles. The Kier molecular flexibility index (Phi) is 7.01. The third kappa shape index (κ3) is 4.05. The minimum atomic E-state index is -1.22. The van der Waals surface area contributed by atoms with E-state index in [1.165, 1.54) is 6.20 Å². The van der Waals surface area contributed by atoms with Crippen molar-refractivity contribution in [3.63, 3.8) is 0 Å². The molecule has 0 radical (unpaired) electrons. The molecule has 0 fully saturated rings. The molecule has 22 heavy (non-hydrogen) atoms. The van der Waals surface area contributed by atoms with Gasteiger partial charge >= 0.3 is 5.97 Å². The Morgan fingerprint density at radius 3 is 2.73 bits per heavy atom. The van der Waals surface area contributed by atoms with Crippen LogP contribution in [0.25, 0.3) is 12.2 Å². The molecule has 0 saturated heterocycles. The number of aryl methyl sites for hydroxylation is 1. The van der Waals surface area contributed by atoms with Crippen LogP contribution in [0.1, 0.15) is 38.1 Å². The lowest BCUT2D eigenvalue weighted by Gasteiger charge is -2.10. The van der Waals surface area contributed by atoms with Crippen LogP contribution in [0.5, 0.6) is 0 Å². The Labute approximate surface area is 129 Å². The van der Waals surface area contributed by atoms with Crippen LogP contribution in [-0.4, -0.2) is 35.1 Å². The molecule has 6 heteroatoms. The van der Waals surface area contributed by atoms with Gasteiger partial charge in [-0.05, 0) is 26.0 Å². The largest absolute Gasteiger partial charge is 0.477 e. The molecule has 6 nitrogen and oxygen atoms in total. The molecule has 0 amide bonds. The summed E-state index contributed by atoms with van der Waals surface area (Å²) in [6.45, 7) is 8.62. The van der Waals surface area contributed by atoms with Crippen molar-refractivity contribution in [2.75, 3.05) is 13.4 Å². The number of carboxylic acids is 1. The second kappa shape index (κ2) is 8.51. The van der Waals surface area contributed by atoms with Gasteiger partial charge in [0.15, 0.2) is 0 Å². The lowest BCUT2D eigenvalue weighted by atomic mass is 10.2. The third-order valence-corrected chi connectivity index (χ3v) is 3.14. The second-order valence-electron chi connectivity index (χ2n) is 4.49. The number of aromatic nitrogens is 1. The first-order valence-corrected chi connectivity index (χ1v) is 7.42. The molecule has 1 N–H and O–H groups in total. The zero-order valence-electron chi connectivity index (χ0n) is 13.5. The van der Waals surface area contributed by atoms with Gasteiger partial charge in [0.1, 0.15) is 12.4 Å². The number of carbonyl (C=O) groups is 1. The molecule has 1 aliphatic heterocycles. The van der Waals surface area contributed by atoms with E-state index in [0.717, 1.165) is 0 Å².